The number of amides is 2. The molecule has 25 heavy (non-hydrogen) atoms. The fourth-order valence-corrected chi connectivity index (χ4v) is 3.54. The summed E-state index contributed by atoms with van der Waals surface area (Å²) < 4.78 is 0. The molecule has 2 atom stereocenters. The molecular formula is C17H34Cl2N4O2. The van der Waals surface area contributed by atoms with Crippen LogP contribution >= 0.6 is 24.8 Å². The molecule has 0 bridgehead atoms. The second-order valence-corrected chi connectivity index (χ2v) is 7.45. The lowest BCUT2D eigenvalue weighted by molar-refractivity contribution is -0.127. The second kappa shape index (κ2) is 11.9. The molecule has 1 saturated carbocycles. The third-order valence-corrected chi connectivity index (χ3v) is 5.07. The molecule has 0 aromatic rings. The number of likely N-dealkylation sites (tertiary alicyclic amines) is 1. The van der Waals surface area contributed by atoms with Crippen molar-refractivity contribution >= 4 is 36.6 Å². The lowest BCUT2D eigenvalue weighted by Crippen LogP contribution is -2.48. The lowest BCUT2D eigenvalue weighted by atomic mass is 10.1. The van der Waals surface area contributed by atoms with Crippen molar-refractivity contribution in [2.45, 2.75) is 58.0 Å². The van der Waals surface area contributed by atoms with Crippen LogP contribution in [-0.2, 0) is 9.59 Å². The van der Waals surface area contributed by atoms with Crippen molar-refractivity contribution in [2.24, 2.45) is 17.6 Å². The van der Waals surface area contributed by atoms with Crippen LogP contribution in [0.5, 0.6) is 0 Å². The van der Waals surface area contributed by atoms with Crippen LogP contribution in [0.2, 0.25) is 0 Å². The number of nitrogens with one attached hydrogen (secondary N) is 2. The van der Waals surface area contributed by atoms with E-state index in [1.54, 1.807) is 0 Å². The molecule has 8 heteroatoms. The van der Waals surface area contributed by atoms with Gasteiger partial charge in [-0.25, -0.2) is 0 Å². The molecule has 2 rings (SSSR count). The molecule has 2 fully saturated rings. The Morgan fingerprint density at radius 2 is 1.80 bits per heavy atom. The number of hydrogen-bond donors (Lipinski definition) is 3. The summed E-state index contributed by atoms with van der Waals surface area (Å²) in [6, 6.07) is -0.351. The Balaban J connectivity index is 0.00000288. The minimum Gasteiger partial charge on any atom is -0.350 e. The first-order valence-electron chi connectivity index (χ1n) is 9.00. The third kappa shape index (κ3) is 8.11. The molecule has 0 radical (unpaired) electrons. The van der Waals surface area contributed by atoms with Crippen molar-refractivity contribution in [1.29, 1.82) is 0 Å². The van der Waals surface area contributed by atoms with Gasteiger partial charge in [0.1, 0.15) is 0 Å². The fourth-order valence-electron chi connectivity index (χ4n) is 3.54. The first kappa shape index (κ1) is 24.4. The molecule has 4 N–H and O–H groups in total. The topological polar surface area (TPSA) is 87.5 Å². The molecular weight excluding hydrogens is 363 g/mol. The van der Waals surface area contributed by atoms with Crippen LogP contribution in [0, 0.1) is 11.8 Å². The zero-order chi connectivity index (χ0) is 16.8. The fraction of sp³-hybridized carbons (Fsp3) is 0.882. The number of carbonyl (C=O) groups excluding carboxylic acids is 2. The number of halogens is 2. The van der Waals surface area contributed by atoms with Crippen molar-refractivity contribution in [3.63, 3.8) is 0 Å². The zero-order valence-electron chi connectivity index (χ0n) is 15.3. The van der Waals surface area contributed by atoms with E-state index >= 15 is 0 Å². The summed E-state index contributed by atoms with van der Waals surface area (Å²) in [6.07, 6.45) is 6.46. The standard InChI is InChI=1S/C17H32N4O2.2ClH/c1-12(2)16(18)17(23)19-9-15(22)20-14-7-8-21(11-14)10-13-5-3-4-6-13;;/h12-14,16H,3-11,18H2,1-2H3,(H,19,23)(H,20,22);2*1H/t14?,16-;;/m0../s1. The zero-order valence-corrected chi connectivity index (χ0v) is 17.0. The highest BCUT2D eigenvalue weighted by Gasteiger charge is 2.27. The number of carbonyl (C=O) groups is 2. The van der Waals surface area contributed by atoms with E-state index < -0.39 is 6.04 Å². The summed E-state index contributed by atoms with van der Waals surface area (Å²) in [5.74, 6) is 0.532. The predicted molar refractivity (Wildman–Crippen MR) is 105 cm³/mol. The third-order valence-electron chi connectivity index (χ3n) is 5.07. The van der Waals surface area contributed by atoms with Gasteiger partial charge in [-0.15, -0.1) is 24.8 Å². The van der Waals surface area contributed by atoms with Crippen LogP contribution in [-0.4, -0.2) is 55.0 Å². The van der Waals surface area contributed by atoms with Gasteiger partial charge in [0.05, 0.1) is 12.6 Å². The maximum atomic E-state index is 12.0. The molecule has 1 aliphatic carbocycles. The Kier molecular flexibility index (Phi) is 11.7. The molecule has 1 unspecified atom stereocenters. The highest BCUT2D eigenvalue weighted by Crippen LogP contribution is 2.26. The van der Waals surface area contributed by atoms with Crippen LogP contribution in [0.3, 0.4) is 0 Å². The van der Waals surface area contributed by atoms with Gasteiger partial charge < -0.3 is 21.3 Å². The van der Waals surface area contributed by atoms with E-state index in [-0.39, 0.29) is 55.1 Å². The van der Waals surface area contributed by atoms with E-state index in [2.05, 4.69) is 15.5 Å². The minimum atomic E-state index is -0.559. The Labute approximate surface area is 163 Å². The maximum Gasteiger partial charge on any atom is 0.239 e. The molecule has 1 aliphatic heterocycles. The van der Waals surface area contributed by atoms with Gasteiger partial charge in [0.25, 0.3) is 0 Å². The van der Waals surface area contributed by atoms with E-state index in [0.29, 0.717) is 0 Å². The minimum absolute atomic E-state index is 0. The molecule has 2 aliphatic rings. The number of nitrogens with two attached hydrogens (primary N) is 1. The molecule has 0 aromatic heterocycles. The average molecular weight is 397 g/mol. The summed E-state index contributed by atoms with van der Waals surface area (Å²) in [5.41, 5.74) is 5.76. The SMILES string of the molecule is CC(C)[C@H](N)C(=O)NCC(=O)NC1CCN(CC2CCCC2)C1.Cl.Cl. The summed E-state index contributed by atoms with van der Waals surface area (Å²) >= 11 is 0. The van der Waals surface area contributed by atoms with Gasteiger partial charge in [-0.2, -0.15) is 0 Å². The second-order valence-electron chi connectivity index (χ2n) is 7.45. The van der Waals surface area contributed by atoms with Crippen LogP contribution in [0.4, 0.5) is 0 Å². The Bertz CT molecular complexity index is 417. The van der Waals surface area contributed by atoms with Gasteiger partial charge in [0.15, 0.2) is 0 Å². The van der Waals surface area contributed by atoms with E-state index in [1.807, 2.05) is 13.8 Å². The monoisotopic (exact) mass is 396 g/mol. The average Bonchev–Trinajstić information content (AvgIpc) is 3.16. The predicted octanol–water partition coefficient (Wildman–Crippen LogP) is 1.31. The van der Waals surface area contributed by atoms with E-state index in [4.69, 9.17) is 5.73 Å². The lowest BCUT2D eigenvalue weighted by Gasteiger charge is -2.20. The van der Waals surface area contributed by atoms with Gasteiger partial charge in [-0.1, -0.05) is 26.7 Å². The van der Waals surface area contributed by atoms with Crippen LogP contribution < -0.4 is 16.4 Å². The Morgan fingerprint density at radius 1 is 1.16 bits per heavy atom. The van der Waals surface area contributed by atoms with Crippen molar-refractivity contribution in [1.82, 2.24) is 15.5 Å². The first-order valence-corrected chi connectivity index (χ1v) is 9.00. The molecule has 0 spiro atoms. The summed E-state index contributed by atoms with van der Waals surface area (Å²) in [6.45, 7) is 6.96. The summed E-state index contributed by atoms with van der Waals surface area (Å²) in [4.78, 5) is 26.2. The van der Waals surface area contributed by atoms with Gasteiger partial charge in [0, 0.05) is 25.7 Å². The molecule has 2 amide bonds. The quantitative estimate of drug-likeness (QED) is 0.605. The Hall–Kier alpha value is -0.560. The van der Waals surface area contributed by atoms with Crippen molar-refractivity contribution < 1.29 is 9.59 Å². The summed E-state index contributed by atoms with van der Waals surface area (Å²) in [7, 11) is 0. The largest absolute Gasteiger partial charge is 0.350 e. The van der Waals surface area contributed by atoms with Crippen LogP contribution in [0.25, 0.3) is 0 Å². The molecule has 148 valence electrons. The van der Waals surface area contributed by atoms with Crippen LogP contribution in [0.1, 0.15) is 46.0 Å². The number of hydrogen-bond acceptors (Lipinski definition) is 4. The molecule has 1 heterocycles. The van der Waals surface area contributed by atoms with Gasteiger partial charge in [0.2, 0.25) is 11.8 Å². The van der Waals surface area contributed by atoms with Crippen LogP contribution in [0.15, 0.2) is 0 Å². The molecule has 1 saturated heterocycles. The van der Waals surface area contributed by atoms with Crippen molar-refractivity contribution in [2.75, 3.05) is 26.2 Å². The van der Waals surface area contributed by atoms with Crippen molar-refractivity contribution in [3.8, 4) is 0 Å². The molecule has 6 nitrogen and oxygen atoms in total. The van der Waals surface area contributed by atoms with E-state index in [9.17, 15) is 9.59 Å². The number of rotatable bonds is 7. The van der Waals surface area contributed by atoms with Gasteiger partial charge in [-0.3, -0.25) is 9.59 Å². The van der Waals surface area contributed by atoms with E-state index in [1.165, 1.54) is 32.2 Å². The summed E-state index contributed by atoms with van der Waals surface area (Å²) in [5, 5.41) is 5.64. The Morgan fingerprint density at radius 3 is 2.40 bits per heavy atom. The smallest absolute Gasteiger partial charge is 0.239 e. The first-order chi connectivity index (χ1) is 11.0. The van der Waals surface area contributed by atoms with Gasteiger partial charge >= 0.3 is 0 Å². The highest BCUT2D eigenvalue weighted by molar-refractivity contribution is 5.87. The maximum absolute atomic E-state index is 12.0. The van der Waals surface area contributed by atoms with Crippen molar-refractivity contribution in [3.05, 3.63) is 0 Å². The van der Waals surface area contributed by atoms with E-state index in [0.717, 1.165) is 25.4 Å². The van der Waals surface area contributed by atoms with Gasteiger partial charge in [-0.05, 0) is 31.1 Å². The molecule has 0 aromatic carbocycles. The highest BCUT2D eigenvalue weighted by atomic mass is 35.5. The normalized spacial score (nSPS) is 22.2. The number of nitrogens with zero attached hydrogens (tertiary/aromatic N) is 1.